The molecule has 1 fully saturated rings. The van der Waals surface area contributed by atoms with Crippen molar-refractivity contribution in [1.29, 1.82) is 0 Å². The normalized spacial score (nSPS) is 17.2. The van der Waals surface area contributed by atoms with Crippen molar-refractivity contribution < 1.29 is 9.53 Å². The molecule has 1 saturated heterocycles. The first-order valence-corrected chi connectivity index (χ1v) is 9.99. The summed E-state index contributed by atoms with van der Waals surface area (Å²) in [5.74, 6) is 2.54. The molecule has 29 heavy (non-hydrogen) atoms. The first-order chi connectivity index (χ1) is 14.1. The average molecular weight is 396 g/mol. The molecule has 0 bridgehead atoms. The summed E-state index contributed by atoms with van der Waals surface area (Å²) in [6, 6.07) is 3.87. The van der Waals surface area contributed by atoms with Gasteiger partial charge in [0.2, 0.25) is 5.88 Å². The number of carbonyl (C=O) groups is 1. The monoisotopic (exact) mass is 396 g/mol. The molecule has 0 saturated carbocycles. The highest BCUT2D eigenvalue weighted by atomic mass is 16.5. The molecule has 5 heterocycles. The number of rotatable bonds is 3. The van der Waals surface area contributed by atoms with Gasteiger partial charge in [-0.15, -0.1) is 15.3 Å². The van der Waals surface area contributed by atoms with Gasteiger partial charge >= 0.3 is 0 Å². The highest BCUT2D eigenvalue weighted by Gasteiger charge is 2.31. The number of piperidine rings is 1. The van der Waals surface area contributed by atoms with E-state index in [1.165, 1.54) is 0 Å². The fourth-order valence-electron chi connectivity index (χ4n) is 4.02. The summed E-state index contributed by atoms with van der Waals surface area (Å²) in [6.45, 7) is 2.76. The van der Waals surface area contributed by atoms with E-state index in [4.69, 9.17) is 4.74 Å². The van der Waals surface area contributed by atoms with Crippen LogP contribution in [0.2, 0.25) is 0 Å². The Balaban J connectivity index is 1.32. The molecule has 0 unspecified atom stereocenters. The SMILES string of the molecule is CN(C)c1ccc2nnc(C3CCN(C(=O)c4cnn5c4OCCC5)CC3)n2n1. The lowest BCUT2D eigenvalue weighted by atomic mass is 9.95. The Kier molecular flexibility index (Phi) is 4.33. The third-order valence-electron chi connectivity index (χ3n) is 5.65. The maximum absolute atomic E-state index is 13.0. The van der Waals surface area contributed by atoms with Gasteiger partial charge in [0, 0.05) is 46.1 Å². The largest absolute Gasteiger partial charge is 0.477 e. The second-order valence-electron chi connectivity index (χ2n) is 7.77. The Bertz CT molecular complexity index is 1050. The Hall–Kier alpha value is -3.17. The van der Waals surface area contributed by atoms with Crippen molar-refractivity contribution >= 4 is 17.4 Å². The minimum atomic E-state index is -0.00859. The van der Waals surface area contributed by atoms with Crippen molar-refractivity contribution in [2.75, 3.05) is 38.7 Å². The predicted octanol–water partition coefficient (Wildman–Crippen LogP) is 1.19. The maximum Gasteiger partial charge on any atom is 0.260 e. The Morgan fingerprint density at radius 3 is 2.79 bits per heavy atom. The van der Waals surface area contributed by atoms with E-state index in [1.807, 2.05) is 40.5 Å². The molecular weight excluding hydrogens is 372 g/mol. The molecule has 0 aromatic carbocycles. The molecule has 0 aliphatic carbocycles. The summed E-state index contributed by atoms with van der Waals surface area (Å²) in [5, 5.41) is 17.6. The molecule has 5 rings (SSSR count). The van der Waals surface area contributed by atoms with E-state index in [9.17, 15) is 4.79 Å². The van der Waals surface area contributed by atoms with Gasteiger partial charge in [0.15, 0.2) is 11.5 Å². The van der Waals surface area contributed by atoms with E-state index in [1.54, 1.807) is 10.9 Å². The maximum atomic E-state index is 13.0. The molecule has 152 valence electrons. The van der Waals surface area contributed by atoms with Gasteiger partial charge < -0.3 is 14.5 Å². The predicted molar refractivity (Wildman–Crippen MR) is 105 cm³/mol. The minimum absolute atomic E-state index is 0.00859. The quantitative estimate of drug-likeness (QED) is 0.656. The number of ether oxygens (including phenoxy) is 1. The van der Waals surface area contributed by atoms with Crippen LogP contribution in [-0.4, -0.2) is 74.2 Å². The molecule has 10 heteroatoms. The Labute approximate surface area is 168 Å². The Morgan fingerprint density at radius 2 is 2.00 bits per heavy atom. The van der Waals surface area contributed by atoms with E-state index in [0.29, 0.717) is 31.1 Å². The topological polar surface area (TPSA) is 93.7 Å². The number of carbonyl (C=O) groups excluding carboxylic acids is 1. The lowest BCUT2D eigenvalue weighted by molar-refractivity contribution is 0.0704. The first-order valence-electron chi connectivity index (χ1n) is 9.99. The van der Waals surface area contributed by atoms with E-state index < -0.39 is 0 Å². The van der Waals surface area contributed by atoms with Gasteiger partial charge in [-0.25, -0.2) is 4.68 Å². The van der Waals surface area contributed by atoms with Crippen LogP contribution in [0.1, 0.15) is 41.4 Å². The van der Waals surface area contributed by atoms with Gasteiger partial charge in [-0.05, 0) is 25.0 Å². The number of hydrogen-bond donors (Lipinski definition) is 0. The van der Waals surface area contributed by atoms with Crippen molar-refractivity contribution in [2.45, 2.75) is 31.7 Å². The molecule has 0 atom stereocenters. The van der Waals surface area contributed by atoms with Crippen molar-refractivity contribution in [2.24, 2.45) is 0 Å². The van der Waals surface area contributed by atoms with Crippen LogP contribution in [0.3, 0.4) is 0 Å². The third kappa shape index (κ3) is 3.08. The molecule has 0 N–H and O–H groups in total. The zero-order valence-electron chi connectivity index (χ0n) is 16.7. The van der Waals surface area contributed by atoms with E-state index in [2.05, 4.69) is 20.4 Å². The number of fused-ring (bicyclic) bond motifs is 2. The summed E-state index contributed by atoms with van der Waals surface area (Å²) in [6.07, 6.45) is 4.20. The first kappa shape index (κ1) is 17.9. The van der Waals surface area contributed by atoms with E-state index >= 15 is 0 Å². The zero-order valence-corrected chi connectivity index (χ0v) is 16.7. The summed E-state index contributed by atoms with van der Waals surface area (Å²) >= 11 is 0. The van der Waals surface area contributed by atoms with E-state index in [0.717, 1.165) is 43.1 Å². The van der Waals surface area contributed by atoms with Crippen LogP contribution in [0.15, 0.2) is 18.3 Å². The smallest absolute Gasteiger partial charge is 0.260 e. The third-order valence-corrected chi connectivity index (χ3v) is 5.65. The van der Waals surface area contributed by atoms with Crippen LogP contribution in [0.4, 0.5) is 5.82 Å². The molecule has 2 aliphatic heterocycles. The minimum Gasteiger partial charge on any atom is -0.477 e. The second kappa shape index (κ2) is 7.02. The summed E-state index contributed by atoms with van der Waals surface area (Å²) in [7, 11) is 3.92. The van der Waals surface area contributed by atoms with Crippen LogP contribution in [0.5, 0.6) is 5.88 Å². The summed E-state index contributed by atoms with van der Waals surface area (Å²) in [5.41, 5.74) is 1.31. The van der Waals surface area contributed by atoms with Gasteiger partial charge in [0.1, 0.15) is 11.4 Å². The molecule has 2 aliphatic rings. The van der Waals surface area contributed by atoms with Gasteiger partial charge in [-0.1, -0.05) is 0 Å². The highest BCUT2D eigenvalue weighted by molar-refractivity contribution is 5.96. The number of hydrogen-bond acceptors (Lipinski definition) is 7. The second-order valence-corrected chi connectivity index (χ2v) is 7.77. The van der Waals surface area contributed by atoms with E-state index in [-0.39, 0.29) is 11.8 Å². The van der Waals surface area contributed by atoms with Gasteiger partial charge in [-0.2, -0.15) is 9.61 Å². The standard InChI is InChI=1S/C19H24N8O2/c1-24(2)16-5-4-15-21-22-17(27(15)23-16)13-6-9-25(10-7-13)18(28)14-12-20-26-8-3-11-29-19(14)26/h4-5,12-13H,3,6-11H2,1-2H3. The van der Waals surface area contributed by atoms with Gasteiger partial charge in [0.25, 0.3) is 5.91 Å². The number of anilines is 1. The molecule has 0 radical (unpaired) electrons. The summed E-state index contributed by atoms with van der Waals surface area (Å²) < 4.78 is 9.29. The average Bonchev–Trinajstić information content (AvgIpc) is 3.37. The van der Waals surface area contributed by atoms with Crippen molar-refractivity contribution in [3.8, 4) is 5.88 Å². The van der Waals surface area contributed by atoms with Crippen LogP contribution >= 0.6 is 0 Å². The van der Waals surface area contributed by atoms with Gasteiger partial charge in [-0.3, -0.25) is 4.79 Å². The fraction of sp³-hybridized carbons (Fsp3) is 0.526. The number of aryl methyl sites for hydroxylation is 1. The molecule has 10 nitrogen and oxygen atoms in total. The van der Waals surface area contributed by atoms with Crippen LogP contribution in [-0.2, 0) is 6.54 Å². The fourth-order valence-corrected chi connectivity index (χ4v) is 4.02. The number of aromatic nitrogens is 6. The zero-order chi connectivity index (χ0) is 20.0. The van der Waals surface area contributed by atoms with Crippen molar-refractivity contribution in [3.63, 3.8) is 0 Å². The highest BCUT2D eigenvalue weighted by Crippen LogP contribution is 2.30. The number of likely N-dealkylation sites (tertiary alicyclic amines) is 1. The number of nitrogens with zero attached hydrogens (tertiary/aromatic N) is 8. The molecule has 0 spiro atoms. The van der Waals surface area contributed by atoms with Crippen LogP contribution < -0.4 is 9.64 Å². The molecule has 3 aromatic rings. The van der Waals surface area contributed by atoms with Crippen molar-refractivity contribution in [1.82, 2.24) is 34.5 Å². The van der Waals surface area contributed by atoms with Crippen LogP contribution in [0, 0.1) is 0 Å². The lowest BCUT2D eigenvalue weighted by Gasteiger charge is -2.31. The number of amides is 1. The lowest BCUT2D eigenvalue weighted by Crippen LogP contribution is -2.38. The summed E-state index contributed by atoms with van der Waals surface area (Å²) in [4.78, 5) is 16.8. The Morgan fingerprint density at radius 1 is 1.17 bits per heavy atom. The van der Waals surface area contributed by atoms with Crippen molar-refractivity contribution in [3.05, 3.63) is 29.7 Å². The van der Waals surface area contributed by atoms with Gasteiger partial charge in [0.05, 0.1) is 12.8 Å². The molecular formula is C19H24N8O2. The molecule has 1 amide bonds. The molecule has 3 aromatic heterocycles. The van der Waals surface area contributed by atoms with Crippen LogP contribution in [0.25, 0.3) is 5.65 Å².